The van der Waals surface area contributed by atoms with Crippen molar-refractivity contribution in [2.75, 3.05) is 12.4 Å². The Bertz CT molecular complexity index is 1400. The van der Waals surface area contributed by atoms with E-state index in [0.29, 0.717) is 16.6 Å². The van der Waals surface area contributed by atoms with Crippen LogP contribution < -0.4 is 16.6 Å². The van der Waals surface area contributed by atoms with Gasteiger partial charge in [-0.1, -0.05) is 12.1 Å². The molecule has 3 N–H and O–H groups in total. The molecular weight excluding hydrogens is 404 g/mol. The number of pyridine rings is 1. The molecule has 0 saturated carbocycles. The molecule has 0 aliphatic rings. The van der Waals surface area contributed by atoms with Crippen molar-refractivity contribution >= 4 is 22.9 Å². The molecule has 2 aromatic heterocycles. The van der Waals surface area contributed by atoms with Gasteiger partial charge in [-0.25, -0.2) is 13.8 Å². The third-order valence-corrected chi connectivity index (χ3v) is 4.91. The van der Waals surface area contributed by atoms with Crippen LogP contribution >= 0.6 is 0 Å². The highest BCUT2D eigenvalue weighted by molar-refractivity contribution is 5.97. The Morgan fingerprint density at radius 3 is 2.42 bits per heavy atom. The molecule has 4 aromatic rings. The first-order chi connectivity index (χ1) is 14.8. The summed E-state index contributed by atoms with van der Waals surface area (Å²) >= 11 is 0. The number of hydrogen-bond donors (Lipinski definition) is 2. The van der Waals surface area contributed by atoms with Crippen LogP contribution in [-0.2, 0) is 0 Å². The van der Waals surface area contributed by atoms with Crippen LogP contribution in [0.2, 0.25) is 0 Å². The summed E-state index contributed by atoms with van der Waals surface area (Å²) in [5, 5.41) is 3.16. The lowest BCUT2D eigenvalue weighted by Crippen LogP contribution is -2.21. The number of hydrogen-bond acceptors (Lipinski definition) is 5. The normalized spacial score (nSPS) is 11.0. The van der Waals surface area contributed by atoms with E-state index in [1.165, 1.54) is 18.2 Å². The number of rotatable bonds is 4. The summed E-state index contributed by atoms with van der Waals surface area (Å²) in [5.41, 5.74) is 6.23. The van der Waals surface area contributed by atoms with E-state index in [1.807, 2.05) is 6.92 Å². The summed E-state index contributed by atoms with van der Waals surface area (Å²) in [4.78, 5) is 33.2. The van der Waals surface area contributed by atoms with Gasteiger partial charge in [0.25, 0.3) is 5.56 Å². The number of fused-ring (bicyclic) bond motifs is 1. The van der Waals surface area contributed by atoms with Gasteiger partial charge in [0, 0.05) is 29.6 Å². The Labute approximate surface area is 175 Å². The fourth-order valence-electron chi connectivity index (χ4n) is 3.38. The van der Waals surface area contributed by atoms with Crippen LogP contribution in [0.4, 0.5) is 14.7 Å². The maximum atomic E-state index is 14.5. The smallest absolute Gasteiger partial charge is 0.256 e. The average molecular weight is 421 g/mol. The number of nitrogens with zero attached hydrogens (tertiary/aromatic N) is 3. The topological polar surface area (TPSA) is 103 Å². The molecule has 0 atom stereocenters. The Morgan fingerprint density at radius 2 is 1.77 bits per heavy atom. The molecular formula is C22H17F2N5O2. The van der Waals surface area contributed by atoms with Crippen LogP contribution in [0.1, 0.15) is 15.9 Å². The first kappa shape index (κ1) is 20.1. The summed E-state index contributed by atoms with van der Waals surface area (Å²) < 4.78 is 30.0. The van der Waals surface area contributed by atoms with Gasteiger partial charge in [-0.15, -0.1) is 0 Å². The summed E-state index contributed by atoms with van der Waals surface area (Å²) in [5.74, 6) is -2.30. The molecule has 0 aliphatic carbocycles. The van der Waals surface area contributed by atoms with Gasteiger partial charge in [-0.05, 0) is 42.8 Å². The number of para-hydroxylation sites is 1. The number of nitrogens with two attached hydrogens (primary N) is 1. The zero-order valence-electron chi connectivity index (χ0n) is 16.6. The summed E-state index contributed by atoms with van der Waals surface area (Å²) in [6, 6.07) is 10.9. The van der Waals surface area contributed by atoms with Gasteiger partial charge >= 0.3 is 0 Å². The molecule has 2 aromatic carbocycles. The SMILES string of the molecule is CNc1nc(-c2cc(C(N)=O)ccc2C)c2ccc(=O)n(-c3c(F)cccc3F)c2n1. The second kappa shape index (κ2) is 7.60. The van der Waals surface area contributed by atoms with Crippen LogP contribution in [0.25, 0.3) is 28.0 Å². The van der Waals surface area contributed by atoms with Crippen molar-refractivity contribution in [3.05, 3.63) is 81.6 Å². The quantitative estimate of drug-likeness (QED) is 0.527. The molecule has 0 unspecified atom stereocenters. The zero-order chi connectivity index (χ0) is 22.3. The Morgan fingerprint density at radius 1 is 1.06 bits per heavy atom. The Hall–Kier alpha value is -4.14. The van der Waals surface area contributed by atoms with Crippen molar-refractivity contribution in [2.45, 2.75) is 6.92 Å². The van der Waals surface area contributed by atoms with Gasteiger partial charge < -0.3 is 11.1 Å². The highest BCUT2D eigenvalue weighted by Crippen LogP contribution is 2.31. The standard InChI is InChI=1S/C22H17F2N5O2/c1-11-6-7-12(20(25)31)10-14(11)18-13-8-9-17(30)29(21(13)28-22(26-2)27-18)19-15(23)4-3-5-16(19)24/h3-10H,1-2H3,(H2,25,31)(H,26,27,28). The Balaban J connectivity index is 2.15. The molecule has 0 bridgehead atoms. The third-order valence-electron chi connectivity index (χ3n) is 4.91. The molecule has 1 amide bonds. The molecule has 0 aliphatic heterocycles. The lowest BCUT2D eigenvalue weighted by Gasteiger charge is -2.15. The van der Waals surface area contributed by atoms with Gasteiger partial charge in [-0.3, -0.25) is 14.2 Å². The monoisotopic (exact) mass is 421 g/mol. The maximum Gasteiger partial charge on any atom is 0.256 e. The van der Waals surface area contributed by atoms with Gasteiger partial charge in [0.05, 0.1) is 5.69 Å². The number of amides is 1. The molecule has 2 heterocycles. The number of aryl methyl sites for hydroxylation is 1. The number of carbonyl (C=O) groups excluding carboxylic acids is 1. The van der Waals surface area contributed by atoms with Crippen molar-refractivity contribution < 1.29 is 13.6 Å². The van der Waals surface area contributed by atoms with Crippen molar-refractivity contribution in [1.82, 2.24) is 14.5 Å². The van der Waals surface area contributed by atoms with E-state index in [2.05, 4.69) is 15.3 Å². The van der Waals surface area contributed by atoms with Crippen molar-refractivity contribution in [1.29, 1.82) is 0 Å². The van der Waals surface area contributed by atoms with Crippen molar-refractivity contribution in [2.24, 2.45) is 5.73 Å². The van der Waals surface area contributed by atoms with E-state index in [1.54, 1.807) is 25.2 Å². The molecule has 31 heavy (non-hydrogen) atoms. The van der Waals surface area contributed by atoms with E-state index < -0.39 is 28.8 Å². The molecule has 0 fully saturated rings. The summed E-state index contributed by atoms with van der Waals surface area (Å²) in [6.07, 6.45) is 0. The lowest BCUT2D eigenvalue weighted by molar-refractivity contribution is 0.100. The second-order valence-corrected chi connectivity index (χ2v) is 6.85. The van der Waals surface area contributed by atoms with E-state index in [-0.39, 0.29) is 17.2 Å². The van der Waals surface area contributed by atoms with Gasteiger partial charge in [0.1, 0.15) is 17.3 Å². The fourth-order valence-corrected chi connectivity index (χ4v) is 3.38. The zero-order valence-corrected chi connectivity index (χ0v) is 16.6. The largest absolute Gasteiger partial charge is 0.366 e. The maximum absolute atomic E-state index is 14.5. The molecule has 9 heteroatoms. The molecule has 0 saturated heterocycles. The number of carbonyl (C=O) groups is 1. The van der Waals surface area contributed by atoms with E-state index in [0.717, 1.165) is 22.3 Å². The van der Waals surface area contributed by atoms with Crippen LogP contribution in [-0.4, -0.2) is 27.5 Å². The Kier molecular flexibility index (Phi) is 4.94. The minimum absolute atomic E-state index is 0.00901. The van der Waals surface area contributed by atoms with Gasteiger partial charge in [0.2, 0.25) is 11.9 Å². The summed E-state index contributed by atoms with van der Waals surface area (Å²) in [7, 11) is 1.58. The predicted octanol–water partition coefficient (Wildman–Crippen LogP) is 3.17. The van der Waals surface area contributed by atoms with Gasteiger partial charge in [-0.2, -0.15) is 4.98 Å². The third kappa shape index (κ3) is 3.39. The van der Waals surface area contributed by atoms with Crippen LogP contribution in [0.15, 0.2) is 53.3 Å². The lowest BCUT2D eigenvalue weighted by atomic mass is 9.99. The number of anilines is 1. The number of halogens is 2. The van der Waals surface area contributed by atoms with Crippen LogP contribution in [0.5, 0.6) is 0 Å². The molecule has 4 rings (SSSR count). The number of benzene rings is 2. The fraction of sp³-hybridized carbons (Fsp3) is 0.0909. The average Bonchev–Trinajstić information content (AvgIpc) is 2.74. The molecule has 156 valence electrons. The highest BCUT2D eigenvalue weighted by Gasteiger charge is 2.20. The second-order valence-electron chi connectivity index (χ2n) is 6.85. The first-order valence-electron chi connectivity index (χ1n) is 9.28. The highest BCUT2D eigenvalue weighted by atomic mass is 19.1. The van der Waals surface area contributed by atoms with Crippen molar-refractivity contribution in [3.8, 4) is 16.9 Å². The summed E-state index contributed by atoms with van der Waals surface area (Å²) in [6.45, 7) is 1.82. The van der Waals surface area contributed by atoms with E-state index in [9.17, 15) is 18.4 Å². The molecule has 7 nitrogen and oxygen atoms in total. The van der Waals surface area contributed by atoms with E-state index >= 15 is 0 Å². The first-order valence-corrected chi connectivity index (χ1v) is 9.28. The minimum atomic E-state index is -0.910. The molecule has 0 spiro atoms. The van der Waals surface area contributed by atoms with Crippen LogP contribution in [0.3, 0.4) is 0 Å². The minimum Gasteiger partial charge on any atom is -0.366 e. The van der Waals surface area contributed by atoms with Crippen LogP contribution in [0, 0.1) is 18.6 Å². The van der Waals surface area contributed by atoms with Gasteiger partial charge in [0.15, 0.2) is 5.65 Å². The number of nitrogens with one attached hydrogen (secondary N) is 1. The predicted molar refractivity (Wildman–Crippen MR) is 113 cm³/mol. The number of primary amides is 1. The van der Waals surface area contributed by atoms with E-state index in [4.69, 9.17) is 5.73 Å². The number of aromatic nitrogens is 3. The molecule has 0 radical (unpaired) electrons. The van der Waals surface area contributed by atoms with Crippen molar-refractivity contribution in [3.63, 3.8) is 0 Å².